The summed E-state index contributed by atoms with van der Waals surface area (Å²) >= 11 is 0. The van der Waals surface area contributed by atoms with Crippen LogP contribution in [0.15, 0.2) is 58.0 Å². The van der Waals surface area contributed by atoms with Gasteiger partial charge in [-0.3, -0.25) is 10.1 Å². The molecule has 1 N–H and O–H groups in total. The van der Waals surface area contributed by atoms with Crippen LogP contribution in [0.3, 0.4) is 0 Å². The Balaban J connectivity index is 1.51. The van der Waals surface area contributed by atoms with Crippen molar-refractivity contribution in [2.75, 3.05) is 32.7 Å². The molecule has 0 radical (unpaired) electrons. The molecule has 3 rings (SSSR count). The fourth-order valence-electron chi connectivity index (χ4n) is 2.91. The summed E-state index contributed by atoms with van der Waals surface area (Å²) in [4.78, 5) is 14.3. The zero-order valence-corrected chi connectivity index (χ0v) is 15.5. The van der Waals surface area contributed by atoms with Crippen LogP contribution in [0.4, 0.5) is 0 Å². The molecule has 0 unspecified atom stereocenters. The number of amides is 1. The Bertz CT molecular complexity index is 813. The quantitative estimate of drug-likeness (QED) is 0.824. The molecular formula is C18H23N3O4S. The number of sulfonamides is 1. The van der Waals surface area contributed by atoms with E-state index in [1.807, 2.05) is 19.1 Å². The third-order valence-electron chi connectivity index (χ3n) is 4.50. The van der Waals surface area contributed by atoms with Gasteiger partial charge in [-0.1, -0.05) is 18.2 Å². The van der Waals surface area contributed by atoms with E-state index in [1.54, 1.807) is 41.5 Å². The number of carbonyl (C=O) groups is 1. The summed E-state index contributed by atoms with van der Waals surface area (Å²) < 4.78 is 32.0. The predicted octanol–water partition coefficient (Wildman–Crippen LogP) is 1.46. The third kappa shape index (κ3) is 4.14. The summed E-state index contributed by atoms with van der Waals surface area (Å²) in [6.07, 6.45) is 1.60. The molecule has 0 spiro atoms. The molecule has 1 fully saturated rings. The fourth-order valence-corrected chi connectivity index (χ4v) is 4.35. The highest BCUT2D eigenvalue weighted by molar-refractivity contribution is 7.89. The summed E-state index contributed by atoms with van der Waals surface area (Å²) in [5, 5.41) is 3.13. The second kappa shape index (κ2) is 8.03. The van der Waals surface area contributed by atoms with Crippen LogP contribution >= 0.6 is 0 Å². The van der Waals surface area contributed by atoms with Crippen LogP contribution in [0.2, 0.25) is 0 Å². The van der Waals surface area contributed by atoms with Gasteiger partial charge in [0.05, 0.1) is 23.7 Å². The van der Waals surface area contributed by atoms with Crippen LogP contribution in [0.1, 0.15) is 18.7 Å². The Kier molecular flexibility index (Phi) is 5.75. The molecule has 0 aliphatic carbocycles. The Morgan fingerprint density at radius 1 is 1.12 bits per heavy atom. The number of benzene rings is 1. The lowest BCUT2D eigenvalue weighted by atomic mass is 10.2. The highest BCUT2D eigenvalue weighted by atomic mass is 32.2. The Labute approximate surface area is 153 Å². The zero-order valence-electron chi connectivity index (χ0n) is 14.7. The fraction of sp³-hybridized carbons (Fsp3) is 0.389. The normalized spacial score (nSPS) is 17.2. The molecular weight excluding hydrogens is 354 g/mol. The van der Waals surface area contributed by atoms with E-state index in [4.69, 9.17) is 4.42 Å². The predicted molar refractivity (Wildman–Crippen MR) is 96.9 cm³/mol. The lowest BCUT2D eigenvalue weighted by Crippen LogP contribution is -2.52. The van der Waals surface area contributed by atoms with Gasteiger partial charge in [0.1, 0.15) is 5.76 Å². The van der Waals surface area contributed by atoms with Crippen molar-refractivity contribution in [3.8, 4) is 0 Å². The van der Waals surface area contributed by atoms with Crippen LogP contribution in [0.5, 0.6) is 0 Å². The SMILES string of the molecule is C[C@@H](NCC(=O)N1CCN(S(=O)(=O)c2ccccc2)CC1)c1ccco1. The van der Waals surface area contributed by atoms with Crippen molar-refractivity contribution < 1.29 is 17.6 Å². The van der Waals surface area contributed by atoms with Crippen LogP contribution in [0, 0.1) is 0 Å². The first kappa shape index (κ1) is 18.6. The van der Waals surface area contributed by atoms with Crippen molar-refractivity contribution >= 4 is 15.9 Å². The second-order valence-electron chi connectivity index (χ2n) is 6.22. The molecule has 0 saturated carbocycles. The second-order valence-corrected chi connectivity index (χ2v) is 8.15. The van der Waals surface area contributed by atoms with Gasteiger partial charge in [-0.15, -0.1) is 0 Å². The molecule has 1 amide bonds. The maximum Gasteiger partial charge on any atom is 0.243 e. The molecule has 1 aliphatic heterocycles. The van der Waals surface area contributed by atoms with Gasteiger partial charge in [0.15, 0.2) is 0 Å². The standard InChI is InChI=1S/C18H23N3O4S/c1-15(17-8-5-13-25-17)19-14-18(22)20-9-11-21(12-10-20)26(23,24)16-6-3-2-4-7-16/h2-8,13,15,19H,9-12,14H2,1H3/t15-/m1/s1. The van der Waals surface area contributed by atoms with E-state index in [0.29, 0.717) is 26.2 Å². The lowest BCUT2D eigenvalue weighted by molar-refractivity contribution is -0.131. The highest BCUT2D eigenvalue weighted by Gasteiger charge is 2.29. The highest BCUT2D eigenvalue weighted by Crippen LogP contribution is 2.17. The van der Waals surface area contributed by atoms with E-state index in [2.05, 4.69) is 5.32 Å². The summed E-state index contributed by atoms with van der Waals surface area (Å²) in [5.41, 5.74) is 0. The van der Waals surface area contributed by atoms with Crippen molar-refractivity contribution in [3.05, 3.63) is 54.5 Å². The monoisotopic (exact) mass is 377 g/mol. The van der Waals surface area contributed by atoms with E-state index >= 15 is 0 Å². The first-order valence-corrected chi connectivity index (χ1v) is 10.0. The van der Waals surface area contributed by atoms with E-state index in [-0.39, 0.29) is 23.4 Å². The van der Waals surface area contributed by atoms with Gasteiger partial charge in [0.2, 0.25) is 15.9 Å². The molecule has 1 saturated heterocycles. The van der Waals surface area contributed by atoms with E-state index in [0.717, 1.165) is 5.76 Å². The van der Waals surface area contributed by atoms with Crippen molar-refractivity contribution in [1.29, 1.82) is 0 Å². The van der Waals surface area contributed by atoms with Crippen LogP contribution in [0.25, 0.3) is 0 Å². The smallest absolute Gasteiger partial charge is 0.243 e. The molecule has 140 valence electrons. The first-order chi connectivity index (χ1) is 12.5. The van der Waals surface area contributed by atoms with Crippen molar-refractivity contribution in [3.63, 3.8) is 0 Å². The number of furan rings is 1. The van der Waals surface area contributed by atoms with Gasteiger partial charge in [-0.2, -0.15) is 4.31 Å². The summed E-state index contributed by atoms with van der Waals surface area (Å²) in [6, 6.07) is 12.0. The largest absolute Gasteiger partial charge is 0.468 e. The minimum atomic E-state index is -3.50. The van der Waals surface area contributed by atoms with Crippen LogP contribution < -0.4 is 5.32 Å². The summed E-state index contributed by atoms with van der Waals surface area (Å²) in [5.74, 6) is 0.733. The van der Waals surface area contributed by atoms with E-state index in [1.165, 1.54) is 4.31 Å². The maximum atomic E-state index is 12.6. The molecule has 1 aromatic carbocycles. The molecule has 7 nitrogen and oxygen atoms in total. The molecule has 2 heterocycles. The first-order valence-electron chi connectivity index (χ1n) is 8.58. The number of rotatable bonds is 6. The minimum Gasteiger partial charge on any atom is -0.468 e. The zero-order chi connectivity index (χ0) is 18.6. The van der Waals surface area contributed by atoms with Crippen molar-refractivity contribution in [2.24, 2.45) is 0 Å². The van der Waals surface area contributed by atoms with Crippen molar-refractivity contribution in [1.82, 2.24) is 14.5 Å². The number of nitrogens with one attached hydrogen (secondary N) is 1. The average Bonchev–Trinajstić information content (AvgIpc) is 3.21. The van der Waals surface area contributed by atoms with Crippen LogP contribution in [-0.4, -0.2) is 56.3 Å². The third-order valence-corrected chi connectivity index (χ3v) is 6.41. The summed E-state index contributed by atoms with van der Waals surface area (Å²) in [7, 11) is -3.50. The van der Waals surface area contributed by atoms with Gasteiger partial charge in [0.25, 0.3) is 0 Å². The number of piperazine rings is 1. The molecule has 1 atom stereocenters. The molecule has 1 aromatic heterocycles. The Morgan fingerprint density at radius 2 is 1.81 bits per heavy atom. The van der Waals surface area contributed by atoms with Gasteiger partial charge in [-0.25, -0.2) is 8.42 Å². The number of carbonyl (C=O) groups excluding carboxylic acids is 1. The van der Waals surface area contributed by atoms with Gasteiger partial charge >= 0.3 is 0 Å². The molecule has 0 bridgehead atoms. The number of hydrogen-bond acceptors (Lipinski definition) is 5. The van der Waals surface area contributed by atoms with Gasteiger partial charge in [-0.05, 0) is 31.2 Å². The van der Waals surface area contributed by atoms with E-state index in [9.17, 15) is 13.2 Å². The number of hydrogen-bond donors (Lipinski definition) is 1. The molecule has 2 aromatic rings. The van der Waals surface area contributed by atoms with Gasteiger partial charge in [0, 0.05) is 26.2 Å². The molecule has 8 heteroatoms. The van der Waals surface area contributed by atoms with Gasteiger partial charge < -0.3 is 9.32 Å². The minimum absolute atomic E-state index is 0.0415. The molecule has 26 heavy (non-hydrogen) atoms. The lowest BCUT2D eigenvalue weighted by Gasteiger charge is -2.34. The van der Waals surface area contributed by atoms with Crippen LogP contribution in [-0.2, 0) is 14.8 Å². The maximum absolute atomic E-state index is 12.6. The molecule has 1 aliphatic rings. The summed E-state index contributed by atoms with van der Waals surface area (Å²) in [6.45, 7) is 3.50. The average molecular weight is 377 g/mol. The van der Waals surface area contributed by atoms with Crippen molar-refractivity contribution in [2.45, 2.75) is 17.9 Å². The Morgan fingerprint density at radius 3 is 2.42 bits per heavy atom. The topological polar surface area (TPSA) is 82.9 Å². The van der Waals surface area contributed by atoms with E-state index < -0.39 is 10.0 Å². The number of nitrogens with zero attached hydrogens (tertiary/aromatic N) is 2. The Hall–Kier alpha value is -2.16.